The van der Waals surface area contributed by atoms with Gasteiger partial charge >= 0.3 is 0 Å². The minimum atomic E-state index is -0.367. The summed E-state index contributed by atoms with van der Waals surface area (Å²) in [6.07, 6.45) is 2.78. The maximum Gasteiger partial charge on any atom is 0.141 e. The molecule has 0 spiro atoms. The Kier molecular flexibility index (Phi) is 4.03. The smallest absolute Gasteiger partial charge is 0.141 e. The second-order valence-corrected chi connectivity index (χ2v) is 4.72. The molecule has 1 heterocycles. The number of hydrogen-bond donors (Lipinski definition) is 2. The van der Waals surface area contributed by atoms with Crippen LogP contribution in [0.4, 0.5) is 4.39 Å². The van der Waals surface area contributed by atoms with Gasteiger partial charge in [-0.1, -0.05) is 18.2 Å². The van der Waals surface area contributed by atoms with Crippen LogP contribution in [0, 0.1) is 9.39 Å². The fourth-order valence-electron chi connectivity index (χ4n) is 1.66. The Morgan fingerprint density at radius 3 is 2.71 bits per heavy atom. The number of hydrazine groups is 1. The largest absolute Gasteiger partial charge is 0.271 e. The highest BCUT2D eigenvalue weighted by Gasteiger charge is 2.15. The van der Waals surface area contributed by atoms with E-state index in [9.17, 15) is 4.39 Å². The molecule has 1 unspecified atom stereocenters. The number of benzene rings is 1. The molecule has 0 saturated carbocycles. The average Bonchev–Trinajstić information content (AvgIpc) is 2.33. The molecule has 3 N–H and O–H groups in total. The first-order chi connectivity index (χ1) is 8.22. The maximum absolute atomic E-state index is 13.1. The average molecular weight is 343 g/mol. The summed E-state index contributed by atoms with van der Waals surface area (Å²) in [6.45, 7) is 0. The fraction of sp³-hybridized carbons (Fsp3) is 0.0833. The first-order valence-corrected chi connectivity index (χ1v) is 6.11. The number of nitrogens with one attached hydrogen (secondary N) is 1. The zero-order valence-corrected chi connectivity index (χ0v) is 11.1. The first kappa shape index (κ1) is 12.4. The Morgan fingerprint density at radius 1 is 1.29 bits per heavy atom. The van der Waals surface area contributed by atoms with E-state index in [1.165, 1.54) is 12.3 Å². The van der Waals surface area contributed by atoms with E-state index in [4.69, 9.17) is 5.84 Å². The van der Waals surface area contributed by atoms with Gasteiger partial charge in [0.15, 0.2) is 0 Å². The van der Waals surface area contributed by atoms with Crippen molar-refractivity contribution in [1.82, 2.24) is 10.4 Å². The van der Waals surface area contributed by atoms with Gasteiger partial charge in [-0.25, -0.2) is 9.82 Å². The summed E-state index contributed by atoms with van der Waals surface area (Å²) in [5.41, 5.74) is 4.40. The monoisotopic (exact) mass is 343 g/mol. The van der Waals surface area contributed by atoms with E-state index in [2.05, 4.69) is 33.0 Å². The van der Waals surface area contributed by atoms with E-state index in [1.54, 1.807) is 6.20 Å². The third-order valence-electron chi connectivity index (χ3n) is 2.44. The summed E-state index contributed by atoms with van der Waals surface area (Å²) in [5.74, 6) is 5.19. The summed E-state index contributed by atoms with van der Waals surface area (Å²) in [6, 6.07) is 8.98. The molecule has 0 radical (unpaired) electrons. The highest BCUT2D eigenvalue weighted by molar-refractivity contribution is 14.1. The molecule has 0 aliphatic heterocycles. The lowest BCUT2D eigenvalue weighted by atomic mass is 10.0. The van der Waals surface area contributed by atoms with E-state index >= 15 is 0 Å². The van der Waals surface area contributed by atoms with Crippen LogP contribution in [-0.4, -0.2) is 4.98 Å². The minimum Gasteiger partial charge on any atom is -0.271 e. The van der Waals surface area contributed by atoms with Crippen LogP contribution in [0.1, 0.15) is 17.2 Å². The van der Waals surface area contributed by atoms with Crippen LogP contribution in [0.25, 0.3) is 0 Å². The normalized spacial score (nSPS) is 12.4. The second kappa shape index (κ2) is 5.52. The summed E-state index contributed by atoms with van der Waals surface area (Å²) < 4.78 is 14.2. The zero-order valence-electron chi connectivity index (χ0n) is 8.90. The molecule has 3 nitrogen and oxygen atoms in total. The standard InChI is InChI=1S/C12H11FIN3/c13-9-5-8(6-16-7-9)12(17-15)10-3-1-2-4-11(10)14/h1-7,12,17H,15H2. The molecule has 2 aromatic rings. The van der Waals surface area contributed by atoms with Gasteiger partial charge in [0.2, 0.25) is 0 Å². The molecule has 1 aromatic carbocycles. The second-order valence-electron chi connectivity index (χ2n) is 3.56. The Morgan fingerprint density at radius 2 is 2.06 bits per heavy atom. The lowest BCUT2D eigenvalue weighted by Gasteiger charge is -2.17. The third-order valence-corrected chi connectivity index (χ3v) is 3.42. The van der Waals surface area contributed by atoms with Crippen molar-refractivity contribution in [3.8, 4) is 0 Å². The molecule has 5 heteroatoms. The highest BCUT2D eigenvalue weighted by atomic mass is 127. The van der Waals surface area contributed by atoms with E-state index in [0.717, 1.165) is 9.13 Å². The van der Waals surface area contributed by atoms with Gasteiger partial charge in [0, 0.05) is 9.77 Å². The van der Waals surface area contributed by atoms with Gasteiger partial charge in [-0.3, -0.25) is 10.8 Å². The summed E-state index contributed by atoms with van der Waals surface area (Å²) in [7, 11) is 0. The Labute approximate surface area is 112 Å². The molecule has 1 aromatic heterocycles. The molecule has 0 amide bonds. The first-order valence-electron chi connectivity index (χ1n) is 5.03. The predicted octanol–water partition coefficient (Wildman–Crippen LogP) is 2.38. The van der Waals surface area contributed by atoms with Crippen molar-refractivity contribution in [3.05, 3.63) is 63.2 Å². The van der Waals surface area contributed by atoms with Gasteiger partial charge in [-0.05, 0) is 45.9 Å². The van der Waals surface area contributed by atoms with Crippen molar-refractivity contribution in [2.45, 2.75) is 6.04 Å². The molecule has 17 heavy (non-hydrogen) atoms. The summed E-state index contributed by atoms with van der Waals surface area (Å²) in [4.78, 5) is 3.84. The van der Waals surface area contributed by atoms with Crippen molar-refractivity contribution in [1.29, 1.82) is 0 Å². The number of nitrogens with two attached hydrogens (primary N) is 1. The molecular weight excluding hydrogens is 332 g/mol. The van der Waals surface area contributed by atoms with Gasteiger partial charge in [0.25, 0.3) is 0 Å². The van der Waals surface area contributed by atoms with E-state index in [0.29, 0.717) is 5.56 Å². The molecule has 0 fully saturated rings. The number of nitrogens with zero attached hydrogens (tertiary/aromatic N) is 1. The van der Waals surface area contributed by atoms with Crippen molar-refractivity contribution in [2.75, 3.05) is 0 Å². The molecule has 0 bridgehead atoms. The topological polar surface area (TPSA) is 50.9 Å². The summed E-state index contributed by atoms with van der Waals surface area (Å²) in [5, 5.41) is 0. The van der Waals surface area contributed by atoms with Crippen LogP contribution >= 0.6 is 22.6 Å². The molecule has 0 saturated heterocycles. The van der Waals surface area contributed by atoms with Crippen LogP contribution in [0.3, 0.4) is 0 Å². The van der Waals surface area contributed by atoms with Crippen LogP contribution < -0.4 is 11.3 Å². The lowest BCUT2D eigenvalue weighted by Crippen LogP contribution is -2.29. The van der Waals surface area contributed by atoms with E-state index in [1.807, 2.05) is 24.3 Å². The molecule has 0 aliphatic rings. The number of rotatable bonds is 3. The molecular formula is C12H11FIN3. The summed E-state index contributed by atoms with van der Waals surface area (Å²) >= 11 is 2.22. The van der Waals surface area contributed by atoms with Gasteiger partial charge in [0.05, 0.1) is 12.2 Å². The number of hydrogen-bond acceptors (Lipinski definition) is 3. The Hall–Kier alpha value is -1.05. The van der Waals surface area contributed by atoms with Crippen LogP contribution in [0.15, 0.2) is 42.7 Å². The number of aromatic nitrogens is 1. The molecule has 0 aliphatic carbocycles. The number of halogens is 2. The number of pyridine rings is 1. The van der Waals surface area contributed by atoms with Crippen molar-refractivity contribution >= 4 is 22.6 Å². The minimum absolute atomic E-state index is 0.258. The highest BCUT2D eigenvalue weighted by Crippen LogP contribution is 2.25. The van der Waals surface area contributed by atoms with Gasteiger partial charge < -0.3 is 0 Å². The van der Waals surface area contributed by atoms with Crippen molar-refractivity contribution in [3.63, 3.8) is 0 Å². The Bertz CT molecular complexity index is 519. The molecule has 88 valence electrons. The van der Waals surface area contributed by atoms with Crippen molar-refractivity contribution < 1.29 is 4.39 Å². The van der Waals surface area contributed by atoms with Crippen LogP contribution in [0.2, 0.25) is 0 Å². The molecule has 2 rings (SSSR count). The van der Waals surface area contributed by atoms with Crippen molar-refractivity contribution in [2.24, 2.45) is 5.84 Å². The SMILES string of the molecule is NNC(c1cncc(F)c1)c1ccccc1I. The maximum atomic E-state index is 13.1. The van der Waals surface area contributed by atoms with Gasteiger partial charge in [-0.2, -0.15) is 0 Å². The third kappa shape index (κ3) is 2.80. The molecule has 1 atom stereocenters. The van der Waals surface area contributed by atoms with Gasteiger partial charge in [0.1, 0.15) is 5.82 Å². The van der Waals surface area contributed by atoms with Gasteiger partial charge in [-0.15, -0.1) is 0 Å². The van der Waals surface area contributed by atoms with E-state index in [-0.39, 0.29) is 11.9 Å². The van der Waals surface area contributed by atoms with E-state index < -0.39 is 0 Å². The predicted molar refractivity (Wildman–Crippen MR) is 72.5 cm³/mol. The fourth-order valence-corrected chi connectivity index (χ4v) is 2.36. The van der Waals surface area contributed by atoms with Crippen LogP contribution in [-0.2, 0) is 0 Å². The zero-order chi connectivity index (χ0) is 12.3. The quantitative estimate of drug-likeness (QED) is 0.511. The Balaban J connectivity index is 2.44. The van der Waals surface area contributed by atoms with Crippen LogP contribution in [0.5, 0.6) is 0 Å². The lowest BCUT2D eigenvalue weighted by molar-refractivity contribution is 0.597.